The van der Waals surface area contributed by atoms with Crippen molar-refractivity contribution in [2.75, 3.05) is 31.1 Å². The van der Waals surface area contributed by atoms with Crippen LogP contribution in [-0.4, -0.2) is 53.8 Å². The lowest BCUT2D eigenvalue weighted by molar-refractivity contribution is -0.387. The molecule has 1 aliphatic heterocycles. The molecule has 1 saturated heterocycles. The smallest absolute Gasteiger partial charge is 0.289 e. The van der Waals surface area contributed by atoms with Gasteiger partial charge in [0.2, 0.25) is 10.0 Å². The molecular weight excluding hydrogens is 390 g/mol. The Labute approximate surface area is 159 Å². The van der Waals surface area contributed by atoms with E-state index in [1.54, 1.807) is 0 Å². The molecular formula is C16H15N5O4S2. The highest BCUT2D eigenvalue weighted by atomic mass is 32.2. The Kier molecular flexibility index (Phi) is 4.50. The van der Waals surface area contributed by atoms with Crippen molar-refractivity contribution in [3.05, 3.63) is 52.2 Å². The number of hydrogen-bond donors (Lipinski definition) is 0. The molecule has 3 aromatic rings. The lowest BCUT2D eigenvalue weighted by atomic mass is 10.3. The maximum Gasteiger partial charge on any atom is 0.289 e. The van der Waals surface area contributed by atoms with Gasteiger partial charge in [-0.3, -0.25) is 10.1 Å². The fourth-order valence-electron chi connectivity index (χ4n) is 3.13. The second-order valence-corrected chi connectivity index (χ2v) is 8.75. The molecule has 0 bridgehead atoms. The largest absolute Gasteiger partial charge is 0.353 e. The summed E-state index contributed by atoms with van der Waals surface area (Å²) in [6, 6.07) is 7.38. The summed E-state index contributed by atoms with van der Waals surface area (Å²) in [4.78, 5) is 21.7. The standard InChI is InChI=1S/C16H15N5O4S2/c22-21(23)13-3-1-2-4-14(13)27(24,25)20-8-6-19(7-9-20)15-12-5-10-26-16(12)18-11-17-15/h1-5,10-11H,6-9H2. The van der Waals surface area contributed by atoms with E-state index in [-0.39, 0.29) is 18.0 Å². The molecule has 0 aliphatic carbocycles. The number of nitro groups is 1. The SMILES string of the molecule is O=[N+]([O-])c1ccccc1S(=O)(=O)N1CCN(c2ncnc3sccc23)CC1. The summed E-state index contributed by atoms with van der Waals surface area (Å²) in [6.45, 7) is 1.34. The number of nitrogens with zero attached hydrogens (tertiary/aromatic N) is 5. The third-order valence-corrected chi connectivity index (χ3v) is 7.23. The van der Waals surface area contributed by atoms with Crippen LogP contribution in [0.1, 0.15) is 0 Å². The second-order valence-electron chi connectivity index (χ2n) is 5.95. The number of hydrogen-bond acceptors (Lipinski definition) is 8. The average molecular weight is 405 g/mol. The van der Waals surface area contributed by atoms with Crippen molar-refractivity contribution in [1.29, 1.82) is 0 Å². The van der Waals surface area contributed by atoms with E-state index in [4.69, 9.17) is 0 Å². The molecule has 140 valence electrons. The van der Waals surface area contributed by atoms with E-state index in [2.05, 4.69) is 9.97 Å². The summed E-state index contributed by atoms with van der Waals surface area (Å²) in [6.07, 6.45) is 1.50. The molecule has 0 N–H and O–H groups in total. The fraction of sp³-hybridized carbons (Fsp3) is 0.250. The van der Waals surface area contributed by atoms with Gasteiger partial charge in [-0.25, -0.2) is 18.4 Å². The van der Waals surface area contributed by atoms with E-state index in [0.29, 0.717) is 13.1 Å². The Morgan fingerprint density at radius 1 is 1.07 bits per heavy atom. The maximum absolute atomic E-state index is 12.9. The van der Waals surface area contributed by atoms with Crippen LogP contribution in [0.4, 0.5) is 11.5 Å². The van der Waals surface area contributed by atoms with E-state index in [1.165, 1.54) is 46.2 Å². The molecule has 9 nitrogen and oxygen atoms in total. The van der Waals surface area contributed by atoms with Crippen molar-refractivity contribution in [3.8, 4) is 0 Å². The van der Waals surface area contributed by atoms with Crippen molar-refractivity contribution < 1.29 is 13.3 Å². The predicted octanol–water partition coefficient (Wildman–Crippen LogP) is 2.11. The molecule has 0 spiro atoms. The van der Waals surface area contributed by atoms with Crippen molar-refractivity contribution in [2.24, 2.45) is 0 Å². The van der Waals surface area contributed by atoms with Gasteiger partial charge in [-0.2, -0.15) is 4.31 Å². The third-order valence-electron chi connectivity index (χ3n) is 4.46. The number of thiophene rings is 1. The first kappa shape index (κ1) is 17.8. The lowest BCUT2D eigenvalue weighted by Crippen LogP contribution is -2.49. The van der Waals surface area contributed by atoms with Crippen LogP contribution in [0.3, 0.4) is 0 Å². The number of nitro benzene ring substituents is 1. The molecule has 1 aliphatic rings. The summed E-state index contributed by atoms with van der Waals surface area (Å²) >= 11 is 1.52. The minimum atomic E-state index is -3.94. The van der Waals surface area contributed by atoms with Crippen LogP contribution in [0.15, 0.2) is 46.9 Å². The van der Waals surface area contributed by atoms with Crippen LogP contribution in [0.5, 0.6) is 0 Å². The summed E-state index contributed by atoms with van der Waals surface area (Å²) in [7, 11) is -3.94. The molecule has 11 heteroatoms. The first-order valence-electron chi connectivity index (χ1n) is 8.15. The Bertz CT molecular complexity index is 1110. The summed E-state index contributed by atoms with van der Waals surface area (Å²) in [5.41, 5.74) is -0.407. The maximum atomic E-state index is 12.9. The van der Waals surface area contributed by atoms with Gasteiger partial charge in [0.25, 0.3) is 5.69 Å². The first-order chi connectivity index (χ1) is 13.0. The van der Waals surface area contributed by atoms with Crippen LogP contribution in [-0.2, 0) is 10.0 Å². The molecule has 0 radical (unpaired) electrons. The zero-order valence-electron chi connectivity index (χ0n) is 14.1. The van der Waals surface area contributed by atoms with Gasteiger partial charge in [0.1, 0.15) is 17.0 Å². The number of sulfonamides is 1. The van der Waals surface area contributed by atoms with E-state index in [1.807, 2.05) is 16.3 Å². The Morgan fingerprint density at radius 3 is 2.56 bits per heavy atom. The van der Waals surface area contributed by atoms with E-state index >= 15 is 0 Å². The van der Waals surface area contributed by atoms with Gasteiger partial charge in [0.05, 0.1) is 10.3 Å². The molecule has 3 heterocycles. The number of aromatic nitrogens is 2. The molecule has 2 aromatic heterocycles. The van der Waals surface area contributed by atoms with Crippen LogP contribution in [0, 0.1) is 10.1 Å². The number of para-hydroxylation sites is 1. The normalized spacial score (nSPS) is 15.9. The van der Waals surface area contributed by atoms with Gasteiger partial charge in [0.15, 0.2) is 4.90 Å². The van der Waals surface area contributed by atoms with Gasteiger partial charge in [0, 0.05) is 32.2 Å². The van der Waals surface area contributed by atoms with E-state index < -0.39 is 20.6 Å². The molecule has 0 amide bonds. The highest BCUT2D eigenvalue weighted by Crippen LogP contribution is 2.30. The summed E-state index contributed by atoms with van der Waals surface area (Å²) < 4.78 is 27.1. The van der Waals surface area contributed by atoms with Gasteiger partial charge in [-0.15, -0.1) is 11.3 Å². The Balaban J connectivity index is 1.57. The third kappa shape index (κ3) is 3.13. The van der Waals surface area contributed by atoms with Gasteiger partial charge >= 0.3 is 0 Å². The minimum absolute atomic E-state index is 0.226. The van der Waals surface area contributed by atoms with Crippen molar-refractivity contribution in [2.45, 2.75) is 4.90 Å². The first-order valence-corrected chi connectivity index (χ1v) is 10.5. The zero-order chi connectivity index (χ0) is 19.0. The molecule has 0 unspecified atom stereocenters. The average Bonchev–Trinajstić information content (AvgIpc) is 3.17. The number of fused-ring (bicyclic) bond motifs is 1. The highest BCUT2D eigenvalue weighted by molar-refractivity contribution is 7.89. The molecule has 0 atom stereocenters. The predicted molar refractivity (Wildman–Crippen MR) is 101 cm³/mol. The summed E-state index contributed by atoms with van der Waals surface area (Å²) in [5, 5.41) is 14.1. The van der Waals surface area contributed by atoms with Crippen LogP contribution in [0.25, 0.3) is 10.2 Å². The van der Waals surface area contributed by atoms with Gasteiger partial charge in [-0.05, 0) is 17.5 Å². The minimum Gasteiger partial charge on any atom is -0.353 e. The van der Waals surface area contributed by atoms with Crippen molar-refractivity contribution in [1.82, 2.24) is 14.3 Å². The van der Waals surface area contributed by atoms with Gasteiger partial charge < -0.3 is 4.90 Å². The number of rotatable bonds is 4. The van der Waals surface area contributed by atoms with Crippen LogP contribution in [0.2, 0.25) is 0 Å². The number of piperazine rings is 1. The fourth-order valence-corrected chi connectivity index (χ4v) is 5.44. The van der Waals surface area contributed by atoms with Crippen LogP contribution >= 0.6 is 11.3 Å². The molecule has 1 aromatic carbocycles. The molecule has 4 rings (SSSR count). The molecule has 0 saturated carbocycles. The Hall–Kier alpha value is -2.63. The number of anilines is 1. The zero-order valence-corrected chi connectivity index (χ0v) is 15.7. The number of benzene rings is 1. The van der Waals surface area contributed by atoms with Gasteiger partial charge in [-0.1, -0.05) is 12.1 Å². The van der Waals surface area contributed by atoms with Crippen molar-refractivity contribution in [3.63, 3.8) is 0 Å². The second kappa shape index (κ2) is 6.83. The topological polar surface area (TPSA) is 110 Å². The molecule has 27 heavy (non-hydrogen) atoms. The van der Waals surface area contributed by atoms with Crippen molar-refractivity contribution >= 4 is 43.1 Å². The quantitative estimate of drug-likeness (QED) is 0.483. The van der Waals surface area contributed by atoms with Crippen LogP contribution < -0.4 is 4.90 Å². The van der Waals surface area contributed by atoms with E-state index in [0.717, 1.165) is 16.0 Å². The lowest BCUT2D eigenvalue weighted by Gasteiger charge is -2.34. The highest BCUT2D eigenvalue weighted by Gasteiger charge is 2.34. The summed E-state index contributed by atoms with van der Waals surface area (Å²) in [5.74, 6) is 0.781. The molecule has 1 fully saturated rings. The Morgan fingerprint density at radius 2 is 1.81 bits per heavy atom. The van der Waals surface area contributed by atoms with E-state index in [9.17, 15) is 18.5 Å². The monoisotopic (exact) mass is 405 g/mol.